The van der Waals surface area contributed by atoms with E-state index < -0.39 is 10.0 Å². The lowest BCUT2D eigenvalue weighted by atomic mass is 9.82. The summed E-state index contributed by atoms with van der Waals surface area (Å²) < 4.78 is 33.0. The first-order chi connectivity index (χ1) is 13.4. The van der Waals surface area contributed by atoms with Crippen LogP contribution in [0, 0.1) is 6.92 Å². The lowest BCUT2D eigenvalue weighted by Crippen LogP contribution is -2.30. The van der Waals surface area contributed by atoms with E-state index in [9.17, 15) is 13.2 Å². The Morgan fingerprint density at radius 1 is 1.18 bits per heavy atom. The van der Waals surface area contributed by atoms with Crippen LogP contribution < -0.4 is 4.72 Å². The standard InChI is InChI=1S/C22H27NO4S/c1-3-27-22(24)14-17-9-10-18-5-4-6-19(21(18)13-17)15-23-28(25,26)20-11-7-16(2)8-12-20/h7-13,19,23H,3-6,14-15H2,1-2H3. The Labute approximate surface area is 167 Å². The molecule has 1 atom stereocenters. The van der Waals surface area contributed by atoms with Crippen molar-refractivity contribution in [1.82, 2.24) is 4.72 Å². The van der Waals surface area contributed by atoms with Gasteiger partial charge in [-0.05, 0) is 67.9 Å². The van der Waals surface area contributed by atoms with E-state index in [4.69, 9.17) is 4.74 Å². The second-order valence-electron chi connectivity index (χ2n) is 7.27. The van der Waals surface area contributed by atoms with Crippen molar-refractivity contribution in [3.63, 3.8) is 0 Å². The van der Waals surface area contributed by atoms with Crippen molar-refractivity contribution in [2.24, 2.45) is 0 Å². The fourth-order valence-corrected chi connectivity index (χ4v) is 4.74. The molecule has 3 rings (SSSR count). The molecule has 5 nitrogen and oxygen atoms in total. The Bertz CT molecular complexity index is 936. The maximum Gasteiger partial charge on any atom is 0.310 e. The largest absolute Gasteiger partial charge is 0.466 e. The van der Waals surface area contributed by atoms with Crippen LogP contribution in [0.15, 0.2) is 47.4 Å². The molecule has 2 aromatic rings. The zero-order chi connectivity index (χ0) is 20.1. The van der Waals surface area contributed by atoms with Crippen molar-refractivity contribution in [3.8, 4) is 0 Å². The van der Waals surface area contributed by atoms with E-state index in [-0.39, 0.29) is 23.2 Å². The molecule has 28 heavy (non-hydrogen) atoms. The summed E-state index contributed by atoms with van der Waals surface area (Å²) in [4.78, 5) is 12.1. The van der Waals surface area contributed by atoms with E-state index in [1.165, 1.54) is 5.56 Å². The monoisotopic (exact) mass is 401 g/mol. The number of hydrogen-bond donors (Lipinski definition) is 1. The van der Waals surface area contributed by atoms with Crippen LogP contribution in [0.2, 0.25) is 0 Å². The fraction of sp³-hybridized carbons (Fsp3) is 0.409. The summed E-state index contributed by atoms with van der Waals surface area (Å²) in [5, 5.41) is 0. The van der Waals surface area contributed by atoms with Crippen LogP contribution in [-0.4, -0.2) is 27.5 Å². The summed E-state index contributed by atoms with van der Waals surface area (Å²) in [7, 11) is -3.54. The predicted molar refractivity (Wildman–Crippen MR) is 109 cm³/mol. The number of ether oxygens (including phenoxy) is 1. The van der Waals surface area contributed by atoms with Gasteiger partial charge in [-0.15, -0.1) is 0 Å². The highest BCUT2D eigenvalue weighted by Crippen LogP contribution is 2.32. The first-order valence-electron chi connectivity index (χ1n) is 9.72. The Morgan fingerprint density at radius 2 is 1.93 bits per heavy atom. The zero-order valence-electron chi connectivity index (χ0n) is 16.4. The molecule has 0 bridgehead atoms. The SMILES string of the molecule is CCOC(=O)Cc1ccc2c(c1)C(CNS(=O)(=O)c1ccc(C)cc1)CCC2. The number of fused-ring (bicyclic) bond motifs is 1. The van der Waals surface area contributed by atoms with E-state index in [1.54, 1.807) is 31.2 Å². The number of nitrogens with one attached hydrogen (secondary N) is 1. The number of benzene rings is 2. The average Bonchev–Trinajstić information content (AvgIpc) is 2.67. The lowest BCUT2D eigenvalue weighted by molar-refractivity contribution is -0.142. The second kappa shape index (κ2) is 8.88. The summed E-state index contributed by atoms with van der Waals surface area (Å²) in [5.74, 6) is -0.138. The van der Waals surface area contributed by atoms with Gasteiger partial charge in [0, 0.05) is 6.54 Å². The van der Waals surface area contributed by atoms with Gasteiger partial charge in [0.25, 0.3) is 0 Å². The molecule has 0 spiro atoms. The van der Waals surface area contributed by atoms with Crippen molar-refractivity contribution in [2.75, 3.05) is 13.2 Å². The highest BCUT2D eigenvalue weighted by Gasteiger charge is 2.23. The number of rotatable bonds is 7. The molecule has 0 amide bonds. The summed E-state index contributed by atoms with van der Waals surface area (Å²) in [6.45, 7) is 4.44. The molecule has 1 unspecified atom stereocenters. The van der Waals surface area contributed by atoms with Crippen LogP contribution in [0.3, 0.4) is 0 Å². The molecular weight excluding hydrogens is 374 g/mol. The molecule has 2 aromatic carbocycles. The molecule has 0 aliphatic heterocycles. The lowest BCUT2D eigenvalue weighted by Gasteiger charge is -2.26. The number of carbonyl (C=O) groups excluding carboxylic acids is 1. The van der Waals surface area contributed by atoms with E-state index in [2.05, 4.69) is 10.8 Å². The van der Waals surface area contributed by atoms with Crippen LogP contribution in [0.25, 0.3) is 0 Å². The van der Waals surface area contributed by atoms with Gasteiger partial charge < -0.3 is 4.74 Å². The Hall–Kier alpha value is -2.18. The zero-order valence-corrected chi connectivity index (χ0v) is 17.2. The van der Waals surface area contributed by atoms with E-state index in [0.29, 0.717) is 13.2 Å². The van der Waals surface area contributed by atoms with Gasteiger partial charge in [-0.1, -0.05) is 35.9 Å². The van der Waals surface area contributed by atoms with Crippen LogP contribution in [-0.2, 0) is 32.4 Å². The highest BCUT2D eigenvalue weighted by molar-refractivity contribution is 7.89. The molecule has 0 heterocycles. The Morgan fingerprint density at radius 3 is 2.64 bits per heavy atom. The van der Waals surface area contributed by atoms with Gasteiger partial charge in [0.15, 0.2) is 0 Å². The van der Waals surface area contributed by atoms with Crippen LogP contribution in [0.4, 0.5) is 0 Å². The van der Waals surface area contributed by atoms with Crippen LogP contribution in [0.5, 0.6) is 0 Å². The maximum absolute atomic E-state index is 12.6. The van der Waals surface area contributed by atoms with Gasteiger partial charge in [-0.25, -0.2) is 13.1 Å². The molecule has 1 aliphatic rings. The van der Waals surface area contributed by atoms with Crippen molar-refractivity contribution in [2.45, 2.75) is 50.3 Å². The number of carbonyl (C=O) groups is 1. The third-order valence-corrected chi connectivity index (χ3v) is 6.59. The smallest absolute Gasteiger partial charge is 0.310 e. The van der Waals surface area contributed by atoms with Gasteiger partial charge in [0.2, 0.25) is 10.0 Å². The minimum absolute atomic E-state index is 0.103. The second-order valence-corrected chi connectivity index (χ2v) is 9.04. The van der Waals surface area contributed by atoms with Crippen LogP contribution >= 0.6 is 0 Å². The topological polar surface area (TPSA) is 72.5 Å². The van der Waals surface area contributed by atoms with Gasteiger partial charge in [-0.2, -0.15) is 0 Å². The van der Waals surface area contributed by atoms with Crippen molar-refractivity contribution in [3.05, 3.63) is 64.7 Å². The van der Waals surface area contributed by atoms with Gasteiger partial charge >= 0.3 is 5.97 Å². The number of esters is 1. The number of aryl methyl sites for hydroxylation is 2. The summed E-state index contributed by atoms with van der Waals surface area (Å²) in [5.41, 5.74) is 4.30. The first kappa shape index (κ1) is 20.6. The van der Waals surface area contributed by atoms with E-state index >= 15 is 0 Å². The van der Waals surface area contributed by atoms with E-state index in [0.717, 1.165) is 36.0 Å². The van der Waals surface area contributed by atoms with Crippen molar-refractivity contribution in [1.29, 1.82) is 0 Å². The average molecular weight is 402 g/mol. The quantitative estimate of drug-likeness (QED) is 0.721. The maximum atomic E-state index is 12.6. The molecular formula is C22H27NO4S. The van der Waals surface area contributed by atoms with Crippen molar-refractivity contribution < 1.29 is 17.9 Å². The number of hydrogen-bond acceptors (Lipinski definition) is 4. The molecule has 150 valence electrons. The molecule has 0 saturated heterocycles. The molecule has 0 saturated carbocycles. The molecule has 1 aliphatic carbocycles. The minimum Gasteiger partial charge on any atom is -0.466 e. The summed E-state index contributed by atoms with van der Waals surface area (Å²) in [6, 6.07) is 12.9. The summed E-state index contributed by atoms with van der Waals surface area (Å²) >= 11 is 0. The fourth-order valence-electron chi connectivity index (χ4n) is 3.66. The van der Waals surface area contributed by atoms with Gasteiger partial charge in [-0.3, -0.25) is 4.79 Å². The Kier molecular flexibility index (Phi) is 6.52. The molecule has 1 N–H and O–H groups in total. The Balaban J connectivity index is 1.74. The van der Waals surface area contributed by atoms with Gasteiger partial charge in [0.05, 0.1) is 17.9 Å². The third-order valence-electron chi connectivity index (χ3n) is 5.15. The summed E-state index contributed by atoms with van der Waals surface area (Å²) in [6.07, 6.45) is 3.17. The normalized spacial score (nSPS) is 16.4. The highest BCUT2D eigenvalue weighted by atomic mass is 32.2. The molecule has 0 fully saturated rings. The van der Waals surface area contributed by atoms with Crippen molar-refractivity contribution >= 4 is 16.0 Å². The molecule has 0 aromatic heterocycles. The first-order valence-corrected chi connectivity index (χ1v) is 11.2. The van der Waals surface area contributed by atoms with Crippen LogP contribution in [0.1, 0.15) is 47.9 Å². The third kappa shape index (κ3) is 5.00. The van der Waals surface area contributed by atoms with E-state index in [1.807, 2.05) is 19.1 Å². The molecule has 0 radical (unpaired) electrons. The predicted octanol–water partition coefficient (Wildman–Crippen LogP) is 3.50. The number of sulfonamides is 1. The van der Waals surface area contributed by atoms with Gasteiger partial charge in [0.1, 0.15) is 0 Å². The molecule has 6 heteroatoms. The minimum atomic E-state index is -3.54.